The monoisotopic (exact) mass is 377 g/mol. The van der Waals surface area contributed by atoms with Crippen LogP contribution in [0.1, 0.15) is 57.6 Å². The van der Waals surface area contributed by atoms with Crippen molar-refractivity contribution in [2.45, 2.75) is 52.5 Å². The van der Waals surface area contributed by atoms with E-state index in [0.29, 0.717) is 6.54 Å². The Hall–Kier alpha value is -3.02. The zero-order chi connectivity index (χ0) is 20.3. The molecule has 1 N–H and O–H groups in total. The maximum Gasteiger partial charge on any atom is 0.347 e. The molecule has 0 spiro atoms. The van der Waals surface area contributed by atoms with Gasteiger partial charge in [0.05, 0.1) is 12.2 Å². The average Bonchev–Trinajstić information content (AvgIpc) is 2.63. The van der Waals surface area contributed by atoms with Crippen molar-refractivity contribution >= 4 is 11.5 Å². The second-order valence-electron chi connectivity index (χ2n) is 8.26. The van der Waals surface area contributed by atoms with Crippen LogP contribution in [0, 0.1) is 0 Å². The smallest absolute Gasteiger partial charge is 0.340 e. The number of aromatic nitrogens is 4. The topological polar surface area (TPSA) is 72.7 Å². The van der Waals surface area contributed by atoms with Crippen molar-refractivity contribution in [2.24, 2.45) is 0 Å². The van der Waals surface area contributed by atoms with Crippen molar-refractivity contribution in [3.63, 3.8) is 0 Å². The quantitative estimate of drug-likeness (QED) is 0.720. The molecule has 0 unspecified atom stereocenters. The van der Waals surface area contributed by atoms with Crippen molar-refractivity contribution in [2.75, 3.05) is 5.32 Å². The number of nitrogens with zero attached hydrogens (tertiary/aromatic N) is 4. The first-order valence-corrected chi connectivity index (χ1v) is 9.49. The zero-order valence-electron chi connectivity index (χ0n) is 17.1. The fourth-order valence-corrected chi connectivity index (χ4v) is 2.77. The summed E-state index contributed by atoms with van der Waals surface area (Å²) in [5.74, 6) is 1.85. The molecule has 146 valence electrons. The van der Waals surface area contributed by atoms with Gasteiger partial charge in [0, 0.05) is 35.5 Å². The molecule has 0 fully saturated rings. The van der Waals surface area contributed by atoms with E-state index in [0.717, 1.165) is 28.6 Å². The first-order chi connectivity index (χ1) is 13.2. The molecule has 0 saturated heterocycles. The third kappa shape index (κ3) is 4.82. The summed E-state index contributed by atoms with van der Waals surface area (Å²) in [4.78, 5) is 25.1. The standard InChI is InChI=1S/C22H27N5O/c1-15(2)20-25-18(22(3,4)5)13-19(26-20)24-17-9-6-8-16(12-17)14-27-11-7-10-23-21(27)28/h6-13,15H,14H2,1-5H3,(H,24,25,26). The Morgan fingerprint density at radius 3 is 2.57 bits per heavy atom. The van der Waals surface area contributed by atoms with Gasteiger partial charge in [-0.05, 0) is 23.8 Å². The third-order valence-electron chi connectivity index (χ3n) is 4.36. The highest BCUT2D eigenvalue weighted by Crippen LogP contribution is 2.26. The van der Waals surface area contributed by atoms with E-state index in [9.17, 15) is 4.79 Å². The molecule has 1 aromatic carbocycles. The molecular formula is C22H27N5O. The van der Waals surface area contributed by atoms with Gasteiger partial charge in [0.1, 0.15) is 11.6 Å². The number of hydrogen-bond acceptors (Lipinski definition) is 5. The minimum Gasteiger partial charge on any atom is -0.340 e. The fourth-order valence-electron chi connectivity index (χ4n) is 2.77. The Balaban J connectivity index is 1.89. The van der Waals surface area contributed by atoms with E-state index in [2.05, 4.69) is 49.9 Å². The van der Waals surface area contributed by atoms with Gasteiger partial charge in [-0.2, -0.15) is 0 Å². The van der Waals surface area contributed by atoms with Crippen LogP contribution in [0.15, 0.2) is 53.6 Å². The van der Waals surface area contributed by atoms with Gasteiger partial charge >= 0.3 is 5.69 Å². The van der Waals surface area contributed by atoms with Crippen LogP contribution in [-0.2, 0) is 12.0 Å². The number of rotatable bonds is 5. The van der Waals surface area contributed by atoms with E-state index in [4.69, 9.17) is 4.98 Å². The lowest BCUT2D eigenvalue weighted by atomic mass is 9.91. The lowest BCUT2D eigenvalue weighted by molar-refractivity contribution is 0.559. The molecule has 0 bridgehead atoms. The van der Waals surface area contributed by atoms with Gasteiger partial charge in [-0.25, -0.2) is 19.7 Å². The third-order valence-corrected chi connectivity index (χ3v) is 4.36. The Kier molecular flexibility index (Phi) is 5.58. The van der Waals surface area contributed by atoms with Crippen LogP contribution in [-0.4, -0.2) is 19.5 Å². The molecule has 0 aliphatic heterocycles. The summed E-state index contributed by atoms with van der Waals surface area (Å²) in [7, 11) is 0. The highest BCUT2D eigenvalue weighted by molar-refractivity contribution is 5.57. The first-order valence-electron chi connectivity index (χ1n) is 9.49. The molecule has 3 aromatic rings. The van der Waals surface area contributed by atoms with Crippen LogP contribution in [0.4, 0.5) is 11.5 Å². The van der Waals surface area contributed by atoms with Gasteiger partial charge < -0.3 is 5.32 Å². The minimum absolute atomic E-state index is 0.0632. The maximum atomic E-state index is 11.9. The normalized spacial score (nSPS) is 11.6. The van der Waals surface area contributed by atoms with Gasteiger partial charge in [-0.1, -0.05) is 46.8 Å². The number of anilines is 2. The number of benzene rings is 1. The molecule has 6 heteroatoms. The molecule has 0 amide bonds. The zero-order valence-corrected chi connectivity index (χ0v) is 17.1. The van der Waals surface area contributed by atoms with Crippen LogP contribution in [0.2, 0.25) is 0 Å². The Labute approximate surface area is 165 Å². The predicted octanol–water partition coefficient (Wildman–Crippen LogP) is 4.25. The van der Waals surface area contributed by atoms with Crippen LogP contribution >= 0.6 is 0 Å². The SMILES string of the molecule is CC(C)c1nc(Nc2cccc(Cn3cccnc3=O)c2)cc(C(C)(C)C)n1. The molecule has 0 aliphatic rings. The second kappa shape index (κ2) is 7.92. The summed E-state index contributed by atoms with van der Waals surface area (Å²) in [6, 6.07) is 11.7. The van der Waals surface area contributed by atoms with E-state index in [1.54, 1.807) is 16.8 Å². The van der Waals surface area contributed by atoms with Crippen LogP contribution in [0.25, 0.3) is 0 Å². The summed E-state index contributed by atoms with van der Waals surface area (Å²) >= 11 is 0. The van der Waals surface area contributed by atoms with Crippen molar-refractivity contribution < 1.29 is 0 Å². The summed E-state index contributed by atoms with van der Waals surface area (Å²) in [5, 5.41) is 3.40. The van der Waals surface area contributed by atoms with Crippen LogP contribution in [0.5, 0.6) is 0 Å². The lowest BCUT2D eigenvalue weighted by Crippen LogP contribution is -2.21. The predicted molar refractivity (Wildman–Crippen MR) is 112 cm³/mol. The summed E-state index contributed by atoms with van der Waals surface area (Å²) < 4.78 is 1.58. The van der Waals surface area contributed by atoms with Crippen molar-refractivity contribution in [3.8, 4) is 0 Å². The lowest BCUT2D eigenvalue weighted by Gasteiger charge is -2.20. The highest BCUT2D eigenvalue weighted by atomic mass is 16.1. The first kappa shape index (κ1) is 19.7. The molecule has 2 aromatic heterocycles. The molecule has 28 heavy (non-hydrogen) atoms. The molecule has 2 heterocycles. The number of hydrogen-bond donors (Lipinski definition) is 1. The minimum atomic E-state index is -0.256. The number of nitrogens with one attached hydrogen (secondary N) is 1. The van der Waals surface area contributed by atoms with E-state index < -0.39 is 0 Å². The molecule has 0 atom stereocenters. The van der Waals surface area contributed by atoms with E-state index in [-0.39, 0.29) is 17.0 Å². The molecule has 0 aliphatic carbocycles. The van der Waals surface area contributed by atoms with Crippen molar-refractivity contribution in [3.05, 3.63) is 76.4 Å². The summed E-state index contributed by atoms with van der Waals surface area (Å²) in [6.45, 7) is 11.1. The van der Waals surface area contributed by atoms with Crippen LogP contribution in [0.3, 0.4) is 0 Å². The van der Waals surface area contributed by atoms with E-state index >= 15 is 0 Å². The van der Waals surface area contributed by atoms with Gasteiger partial charge in [0.25, 0.3) is 0 Å². The molecule has 6 nitrogen and oxygen atoms in total. The maximum absolute atomic E-state index is 11.9. The summed E-state index contributed by atoms with van der Waals surface area (Å²) in [6.07, 6.45) is 3.25. The largest absolute Gasteiger partial charge is 0.347 e. The average molecular weight is 377 g/mol. The molecule has 0 saturated carbocycles. The van der Waals surface area contributed by atoms with Gasteiger partial charge in [-0.15, -0.1) is 0 Å². The fraction of sp³-hybridized carbons (Fsp3) is 0.364. The molecule has 3 rings (SSSR count). The van der Waals surface area contributed by atoms with Gasteiger partial charge in [-0.3, -0.25) is 4.57 Å². The molecule has 0 radical (unpaired) electrons. The highest BCUT2D eigenvalue weighted by Gasteiger charge is 2.19. The van der Waals surface area contributed by atoms with Crippen LogP contribution < -0.4 is 11.0 Å². The summed E-state index contributed by atoms with van der Waals surface area (Å²) in [5.41, 5.74) is 2.61. The van der Waals surface area contributed by atoms with E-state index in [1.807, 2.05) is 30.3 Å². The Morgan fingerprint density at radius 1 is 1.11 bits per heavy atom. The van der Waals surface area contributed by atoms with Crippen molar-refractivity contribution in [1.82, 2.24) is 19.5 Å². The van der Waals surface area contributed by atoms with Gasteiger partial charge in [0.2, 0.25) is 0 Å². The van der Waals surface area contributed by atoms with E-state index in [1.165, 1.54) is 6.20 Å². The molecular weight excluding hydrogens is 350 g/mol. The Morgan fingerprint density at radius 2 is 1.89 bits per heavy atom. The van der Waals surface area contributed by atoms with Crippen molar-refractivity contribution in [1.29, 1.82) is 0 Å². The Bertz CT molecular complexity index is 1020. The second-order valence-corrected chi connectivity index (χ2v) is 8.26. The van der Waals surface area contributed by atoms with Gasteiger partial charge in [0.15, 0.2) is 0 Å².